The van der Waals surface area contributed by atoms with E-state index in [1.807, 2.05) is 26.2 Å². The maximum absolute atomic E-state index is 12.3. The third-order valence-corrected chi connectivity index (χ3v) is 4.02. The van der Waals surface area contributed by atoms with E-state index in [9.17, 15) is 4.79 Å². The van der Waals surface area contributed by atoms with E-state index >= 15 is 0 Å². The Morgan fingerprint density at radius 2 is 2.00 bits per heavy atom. The number of carbonyl (C=O) groups is 1. The number of benzene rings is 1. The van der Waals surface area contributed by atoms with Crippen molar-refractivity contribution >= 4 is 11.6 Å². The summed E-state index contributed by atoms with van der Waals surface area (Å²) in [5.41, 5.74) is 7.86. The molecule has 2 atom stereocenters. The zero-order valence-corrected chi connectivity index (χ0v) is 12.4. The molecular formula is C16H25N3O. The second-order valence-electron chi connectivity index (χ2n) is 5.96. The molecule has 1 aliphatic rings. The molecule has 4 heteroatoms. The highest BCUT2D eigenvalue weighted by Gasteiger charge is 2.31. The molecule has 1 fully saturated rings. The van der Waals surface area contributed by atoms with E-state index < -0.39 is 0 Å². The monoisotopic (exact) mass is 275 g/mol. The average molecular weight is 275 g/mol. The van der Waals surface area contributed by atoms with Crippen LogP contribution in [0.3, 0.4) is 0 Å². The molecule has 0 aliphatic heterocycles. The normalized spacial score (nSPS) is 22.2. The van der Waals surface area contributed by atoms with Gasteiger partial charge in [0, 0.05) is 18.2 Å². The topological polar surface area (TPSA) is 58.4 Å². The summed E-state index contributed by atoms with van der Waals surface area (Å²) >= 11 is 0. The summed E-state index contributed by atoms with van der Waals surface area (Å²) < 4.78 is 0. The van der Waals surface area contributed by atoms with E-state index in [-0.39, 0.29) is 11.8 Å². The van der Waals surface area contributed by atoms with Crippen LogP contribution in [0.4, 0.5) is 5.69 Å². The SMILES string of the molecule is CN(C)Cc1ccc(NC(=O)C2CCCC2CN)cc1. The fourth-order valence-electron chi connectivity index (χ4n) is 2.96. The van der Waals surface area contributed by atoms with Crippen LogP contribution in [0.5, 0.6) is 0 Å². The first-order valence-electron chi connectivity index (χ1n) is 7.34. The van der Waals surface area contributed by atoms with Crippen LogP contribution in [-0.2, 0) is 11.3 Å². The molecule has 4 nitrogen and oxygen atoms in total. The number of nitrogens with one attached hydrogen (secondary N) is 1. The lowest BCUT2D eigenvalue weighted by Gasteiger charge is -2.17. The highest BCUT2D eigenvalue weighted by Crippen LogP contribution is 2.31. The van der Waals surface area contributed by atoms with Crippen molar-refractivity contribution in [1.82, 2.24) is 4.90 Å². The van der Waals surface area contributed by atoms with Crippen LogP contribution in [-0.4, -0.2) is 31.4 Å². The van der Waals surface area contributed by atoms with E-state index in [1.54, 1.807) is 0 Å². The van der Waals surface area contributed by atoms with Crippen LogP contribution in [0.15, 0.2) is 24.3 Å². The molecule has 1 saturated carbocycles. The summed E-state index contributed by atoms with van der Waals surface area (Å²) in [7, 11) is 4.09. The highest BCUT2D eigenvalue weighted by molar-refractivity contribution is 5.92. The molecule has 3 N–H and O–H groups in total. The van der Waals surface area contributed by atoms with Crippen LogP contribution in [0.2, 0.25) is 0 Å². The minimum Gasteiger partial charge on any atom is -0.330 e. The number of anilines is 1. The molecule has 2 rings (SSSR count). The molecule has 2 unspecified atom stereocenters. The molecule has 1 aromatic carbocycles. The molecule has 0 heterocycles. The maximum Gasteiger partial charge on any atom is 0.227 e. The third-order valence-electron chi connectivity index (χ3n) is 4.02. The number of hydrogen-bond donors (Lipinski definition) is 2. The molecular weight excluding hydrogens is 250 g/mol. The minimum absolute atomic E-state index is 0.0847. The average Bonchev–Trinajstić information content (AvgIpc) is 2.89. The van der Waals surface area contributed by atoms with Gasteiger partial charge in [-0.1, -0.05) is 18.6 Å². The minimum atomic E-state index is 0.0847. The fourth-order valence-corrected chi connectivity index (χ4v) is 2.96. The van der Waals surface area contributed by atoms with Gasteiger partial charge in [0.1, 0.15) is 0 Å². The van der Waals surface area contributed by atoms with Crippen molar-refractivity contribution in [1.29, 1.82) is 0 Å². The summed E-state index contributed by atoms with van der Waals surface area (Å²) in [4.78, 5) is 14.4. The first kappa shape index (κ1) is 15.0. The highest BCUT2D eigenvalue weighted by atomic mass is 16.1. The molecule has 0 aromatic heterocycles. The lowest BCUT2D eigenvalue weighted by Crippen LogP contribution is -2.29. The van der Waals surface area contributed by atoms with Crippen molar-refractivity contribution in [3.05, 3.63) is 29.8 Å². The van der Waals surface area contributed by atoms with Crippen molar-refractivity contribution in [2.24, 2.45) is 17.6 Å². The van der Waals surface area contributed by atoms with Crippen LogP contribution >= 0.6 is 0 Å². The molecule has 1 amide bonds. The third kappa shape index (κ3) is 3.81. The Morgan fingerprint density at radius 1 is 1.30 bits per heavy atom. The Bertz CT molecular complexity index is 442. The molecule has 0 saturated heterocycles. The van der Waals surface area contributed by atoms with Gasteiger partial charge >= 0.3 is 0 Å². The Balaban J connectivity index is 1.94. The quantitative estimate of drug-likeness (QED) is 0.865. The lowest BCUT2D eigenvalue weighted by molar-refractivity contribution is -0.120. The van der Waals surface area contributed by atoms with Crippen LogP contribution in [0.25, 0.3) is 0 Å². The molecule has 20 heavy (non-hydrogen) atoms. The predicted molar refractivity (Wildman–Crippen MR) is 82.3 cm³/mol. The summed E-state index contributed by atoms with van der Waals surface area (Å²) in [5, 5.41) is 3.02. The summed E-state index contributed by atoms with van der Waals surface area (Å²) in [6.07, 6.45) is 3.16. The molecule has 1 aromatic rings. The standard InChI is InChI=1S/C16H25N3O/c1-19(2)11-12-6-8-14(9-7-12)18-16(20)15-5-3-4-13(15)10-17/h6-9,13,15H,3-5,10-11,17H2,1-2H3,(H,18,20). The number of carbonyl (C=O) groups excluding carboxylic acids is 1. The van der Waals surface area contributed by atoms with Gasteiger partial charge in [-0.25, -0.2) is 0 Å². The predicted octanol–water partition coefficient (Wildman–Crippen LogP) is 2.06. The van der Waals surface area contributed by atoms with Crippen LogP contribution in [0, 0.1) is 11.8 Å². The smallest absolute Gasteiger partial charge is 0.227 e. The first-order chi connectivity index (χ1) is 9.60. The largest absolute Gasteiger partial charge is 0.330 e. The van der Waals surface area contributed by atoms with Crippen molar-refractivity contribution in [2.45, 2.75) is 25.8 Å². The zero-order chi connectivity index (χ0) is 14.5. The molecule has 0 spiro atoms. The van der Waals surface area contributed by atoms with Crippen molar-refractivity contribution in [3.8, 4) is 0 Å². The first-order valence-corrected chi connectivity index (χ1v) is 7.34. The lowest BCUT2D eigenvalue weighted by atomic mass is 9.95. The number of hydrogen-bond acceptors (Lipinski definition) is 3. The van der Waals surface area contributed by atoms with Gasteiger partial charge in [0.15, 0.2) is 0 Å². The number of rotatable bonds is 5. The fraction of sp³-hybridized carbons (Fsp3) is 0.562. The Labute approximate surface area is 121 Å². The molecule has 1 aliphatic carbocycles. The molecule has 0 radical (unpaired) electrons. The second-order valence-corrected chi connectivity index (χ2v) is 5.96. The Kier molecular flexibility index (Phi) is 5.15. The van der Waals surface area contributed by atoms with Gasteiger partial charge in [0.2, 0.25) is 5.91 Å². The van der Waals surface area contributed by atoms with Crippen LogP contribution < -0.4 is 11.1 Å². The number of nitrogens with two attached hydrogens (primary N) is 1. The van der Waals surface area contributed by atoms with E-state index in [4.69, 9.17) is 5.73 Å². The maximum atomic E-state index is 12.3. The zero-order valence-electron chi connectivity index (χ0n) is 12.4. The Hall–Kier alpha value is -1.39. The molecule has 110 valence electrons. The van der Waals surface area contributed by atoms with Gasteiger partial charge < -0.3 is 16.0 Å². The van der Waals surface area contributed by atoms with E-state index in [2.05, 4.69) is 22.3 Å². The number of amides is 1. The Morgan fingerprint density at radius 3 is 2.60 bits per heavy atom. The van der Waals surface area contributed by atoms with E-state index in [0.717, 1.165) is 31.5 Å². The summed E-state index contributed by atoms with van der Waals surface area (Å²) in [5.74, 6) is 0.558. The van der Waals surface area contributed by atoms with Gasteiger partial charge in [-0.15, -0.1) is 0 Å². The second kappa shape index (κ2) is 6.86. The van der Waals surface area contributed by atoms with Gasteiger partial charge in [-0.05, 0) is 57.1 Å². The van der Waals surface area contributed by atoms with Crippen LogP contribution in [0.1, 0.15) is 24.8 Å². The van der Waals surface area contributed by atoms with Gasteiger partial charge in [-0.3, -0.25) is 4.79 Å². The molecule has 0 bridgehead atoms. The van der Waals surface area contributed by atoms with Crippen molar-refractivity contribution in [2.75, 3.05) is 26.0 Å². The van der Waals surface area contributed by atoms with Gasteiger partial charge in [0.05, 0.1) is 0 Å². The summed E-state index contributed by atoms with van der Waals surface area (Å²) in [6, 6.07) is 8.07. The summed E-state index contributed by atoms with van der Waals surface area (Å²) in [6.45, 7) is 1.52. The van der Waals surface area contributed by atoms with Crippen molar-refractivity contribution in [3.63, 3.8) is 0 Å². The van der Waals surface area contributed by atoms with E-state index in [0.29, 0.717) is 12.5 Å². The van der Waals surface area contributed by atoms with Gasteiger partial charge in [-0.2, -0.15) is 0 Å². The van der Waals surface area contributed by atoms with Gasteiger partial charge in [0.25, 0.3) is 0 Å². The van der Waals surface area contributed by atoms with E-state index in [1.165, 1.54) is 5.56 Å². The number of nitrogens with zero attached hydrogens (tertiary/aromatic N) is 1. The van der Waals surface area contributed by atoms with Crippen molar-refractivity contribution < 1.29 is 4.79 Å².